The van der Waals surface area contributed by atoms with E-state index in [9.17, 15) is 4.79 Å². The lowest BCUT2D eigenvalue weighted by Crippen LogP contribution is -2.43. The van der Waals surface area contributed by atoms with Gasteiger partial charge < -0.3 is 11.1 Å². The van der Waals surface area contributed by atoms with Crippen LogP contribution in [0.15, 0.2) is 24.4 Å². The van der Waals surface area contributed by atoms with E-state index in [1.54, 1.807) is 24.4 Å². The van der Waals surface area contributed by atoms with Crippen molar-refractivity contribution in [3.8, 4) is 0 Å². The van der Waals surface area contributed by atoms with Gasteiger partial charge in [-0.2, -0.15) is 0 Å². The van der Waals surface area contributed by atoms with E-state index in [4.69, 9.17) is 18.0 Å². The van der Waals surface area contributed by atoms with Crippen LogP contribution in [0.25, 0.3) is 0 Å². The minimum absolute atomic E-state index is 0.254. The van der Waals surface area contributed by atoms with Crippen molar-refractivity contribution < 1.29 is 4.79 Å². The Morgan fingerprint density at radius 3 is 2.87 bits per heavy atom. The molecular weight excluding hydrogens is 210 g/mol. The average molecular weight is 223 g/mol. The lowest BCUT2D eigenvalue weighted by atomic mass is 10.2. The largest absolute Gasteiger partial charge is 0.392 e. The highest BCUT2D eigenvalue weighted by molar-refractivity contribution is 7.80. The summed E-state index contributed by atoms with van der Waals surface area (Å²) in [5, 5.41) is 2.71. The molecule has 0 radical (unpaired) electrons. The summed E-state index contributed by atoms with van der Waals surface area (Å²) in [5.41, 5.74) is 5.84. The second kappa shape index (κ2) is 5.41. The summed E-state index contributed by atoms with van der Waals surface area (Å²) in [4.78, 5) is 15.9. The molecule has 1 aromatic heterocycles. The Bertz CT molecular complexity index is 353. The van der Waals surface area contributed by atoms with Crippen LogP contribution in [-0.4, -0.2) is 21.9 Å². The van der Waals surface area contributed by atoms with Crippen LogP contribution in [0, 0.1) is 0 Å². The molecule has 4 nitrogen and oxygen atoms in total. The quantitative estimate of drug-likeness (QED) is 0.743. The third-order valence-electron chi connectivity index (χ3n) is 1.95. The number of nitrogens with two attached hydrogens (primary N) is 1. The van der Waals surface area contributed by atoms with E-state index >= 15 is 0 Å². The molecule has 0 fully saturated rings. The molecule has 0 saturated heterocycles. The molecule has 1 unspecified atom stereocenters. The summed E-state index contributed by atoms with van der Waals surface area (Å²) >= 11 is 4.83. The van der Waals surface area contributed by atoms with Crippen molar-refractivity contribution in [1.29, 1.82) is 0 Å². The predicted molar refractivity (Wildman–Crippen MR) is 62.6 cm³/mol. The van der Waals surface area contributed by atoms with E-state index in [2.05, 4.69) is 10.3 Å². The Balaban J connectivity index is 2.67. The van der Waals surface area contributed by atoms with E-state index in [0.717, 1.165) is 0 Å². The fourth-order valence-corrected chi connectivity index (χ4v) is 1.33. The third-order valence-corrected chi connectivity index (χ3v) is 2.24. The molecule has 0 aromatic carbocycles. The molecule has 0 aliphatic rings. The van der Waals surface area contributed by atoms with Crippen molar-refractivity contribution in [1.82, 2.24) is 10.3 Å². The van der Waals surface area contributed by atoms with Crippen LogP contribution in [0.4, 0.5) is 0 Å². The van der Waals surface area contributed by atoms with Crippen LogP contribution < -0.4 is 11.1 Å². The maximum Gasteiger partial charge on any atom is 0.270 e. The molecule has 1 aromatic rings. The zero-order valence-electron chi connectivity index (χ0n) is 8.43. The van der Waals surface area contributed by atoms with Crippen molar-refractivity contribution in [2.75, 3.05) is 0 Å². The van der Waals surface area contributed by atoms with Gasteiger partial charge in [0.05, 0.1) is 11.0 Å². The second-order valence-electron chi connectivity index (χ2n) is 3.05. The number of nitrogens with one attached hydrogen (secondary N) is 1. The van der Waals surface area contributed by atoms with Gasteiger partial charge in [0.2, 0.25) is 0 Å². The Labute approximate surface area is 93.9 Å². The summed E-state index contributed by atoms with van der Waals surface area (Å²) in [6.07, 6.45) is 2.24. The fourth-order valence-electron chi connectivity index (χ4n) is 1.10. The second-order valence-corrected chi connectivity index (χ2v) is 3.52. The summed E-state index contributed by atoms with van der Waals surface area (Å²) < 4.78 is 0. The Kier molecular flexibility index (Phi) is 4.17. The first-order chi connectivity index (χ1) is 7.15. The number of pyridine rings is 1. The highest BCUT2D eigenvalue weighted by Gasteiger charge is 2.14. The summed E-state index contributed by atoms with van der Waals surface area (Å²) in [7, 11) is 0. The summed E-state index contributed by atoms with van der Waals surface area (Å²) in [6, 6.07) is 4.88. The van der Waals surface area contributed by atoms with Crippen LogP contribution in [0.3, 0.4) is 0 Å². The monoisotopic (exact) mass is 223 g/mol. The first-order valence-electron chi connectivity index (χ1n) is 4.66. The van der Waals surface area contributed by atoms with Crippen molar-refractivity contribution in [3.05, 3.63) is 30.1 Å². The molecule has 1 amide bonds. The van der Waals surface area contributed by atoms with Crippen molar-refractivity contribution in [2.45, 2.75) is 19.4 Å². The first-order valence-corrected chi connectivity index (χ1v) is 5.07. The molecular formula is C10H13N3OS. The molecule has 1 atom stereocenters. The van der Waals surface area contributed by atoms with Gasteiger partial charge in [-0.05, 0) is 18.6 Å². The standard InChI is InChI=1S/C10H13N3OS/c1-2-7(9(11)15)13-10(14)8-5-3-4-6-12-8/h3-7H,2H2,1H3,(H2,11,15)(H,13,14). The van der Waals surface area contributed by atoms with E-state index in [1.807, 2.05) is 6.92 Å². The maximum absolute atomic E-state index is 11.6. The number of nitrogens with zero attached hydrogens (tertiary/aromatic N) is 1. The van der Waals surface area contributed by atoms with Gasteiger partial charge in [0, 0.05) is 6.20 Å². The number of rotatable bonds is 4. The molecule has 5 heteroatoms. The summed E-state index contributed by atoms with van der Waals surface area (Å²) in [5.74, 6) is -0.254. The molecule has 1 rings (SSSR count). The number of hydrogen-bond donors (Lipinski definition) is 2. The molecule has 0 bridgehead atoms. The zero-order valence-corrected chi connectivity index (χ0v) is 9.25. The fraction of sp³-hybridized carbons (Fsp3) is 0.300. The van der Waals surface area contributed by atoms with E-state index < -0.39 is 0 Å². The number of amides is 1. The summed E-state index contributed by atoms with van der Waals surface area (Å²) in [6.45, 7) is 1.91. The molecule has 0 aliphatic carbocycles. The molecule has 0 spiro atoms. The number of carbonyl (C=O) groups excluding carboxylic acids is 1. The predicted octanol–water partition coefficient (Wildman–Crippen LogP) is 0.876. The number of carbonyl (C=O) groups is 1. The minimum Gasteiger partial charge on any atom is -0.392 e. The normalized spacial score (nSPS) is 11.8. The van der Waals surface area contributed by atoms with Gasteiger partial charge in [-0.1, -0.05) is 25.2 Å². The topological polar surface area (TPSA) is 68.0 Å². The van der Waals surface area contributed by atoms with Gasteiger partial charge in [0.1, 0.15) is 5.69 Å². The first kappa shape index (κ1) is 11.6. The minimum atomic E-state index is -0.269. The van der Waals surface area contributed by atoms with Crippen molar-refractivity contribution >= 4 is 23.1 Å². The Morgan fingerprint density at radius 2 is 2.40 bits per heavy atom. The Morgan fingerprint density at radius 1 is 1.67 bits per heavy atom. The van der Waals surface area contributed by atoms with Crippen LogP contribution in [-0.2, 0) is 0 Å². The van der Waals surface area contributed by atoms with E-state index in [1.165, 1.54) is 0 Å². The van der Waals surface area contributed by atoms with Crippen LogP contribution in [0.2, 0.25) is 0 Å². The van der Waals surface area contributed by atoms with Gasteiger partial charge in [-0.3, -0.25) is 9.78 Å². The highest BCUT2D eigenvalue weighted by atomic mass is 32.1. The van der Waals surface area contributed by atoms with E-state index in [0.29, 0.717) is 17.1 Å². The van der Waals surface area contributed by atoms with Crippen LogP contribution in [0.1, 0.15) is 23.8 Å². The third kappa shape index (κ3) is 3.28. The molecule has 80 valence electrons. The van der Waals surface area contributed by atoms with Crippen molar-refractivity contribution in [3.63, 3.8) is 0 Å². The SMILES string of the molecule is CCC(NC(=O)c1ccccn1)C(N)=S. The Hall–Kier alpha value is -1.49. The molecule has 15 heavy (non-hydrogen) atoms. The van der Waals surface area contributed by atoms with E-state index in [-0.39, 0.29) is 11.9 Å². The number of thiocarbonyl (C=S) groups is 1. The molecule has 0 aliphatic heterocycles. The van der Waals surface area contributed by atoms with Gasteiger partial charge in [0.25, 0.3) is 5.91 Å². The maximum atomic E-state index is 11.6. The van der Waals surface area contributed by atoms with Gasteiger partial charge in [-0.25, -0.2) is 0 Å². The molecule has 1 heterocycles. The van der Waals surface area contributed by atoms with Crippen LogP contribution >= 0.6 is 12.2 Å². The van der Waals surface area contributed by atoms with Crippen LogP contribution in [0.5, 0.6) is 0 Å². The lowest BCUT2D eigenvalue weighted by Gasteiger charge is -2.14. The van der Waals surface area contributed by atoms with Gasteiger partial charge >= 0.3 is 0 Å². The average Bonchev–Trinajstić information content (AvgIpc) is 2.26. The van der Waals surface area contributed by atoms with Gasteiger partial charge in [-0.15, -0.1) is 0 Å². The smallest absolute Gasteiger partial charge is 0.270 e. The molecule has 0 saturated carbocycles. The molecule has 3 N–H and O–H groups in total. The lowest BCUT2D eigenvalue weighted by molar-refractivity contribution is 0.0941. The number of aromatic nitrogens is 1. The highest BCUT2D eigenvalue weighted by Crippen LogP contribution is 1.97. The van der Waals surface area contributed by atoms with Crippen molar-refractivity contribution in [2.24, 2.45) is 5.73 Å². The number of hydrogen-bond acceptors (Lipinski definition) is 3. The van der Waals surface area contributed by atoms with Gasteiger partial charge in [0.15, 0.2) is 0 Å². The zero-order chi connectivity index (χ0) is 11.3.